The fraction of sp³-hybridized carbons (Fsp3) is 0.148. The van der Waals surface area contributed by atoms with Gasteiger partial charge in [0.2, 0.25) is 11.1 Å². The summed E-state index contributed by atoms with van der Waals surface area (Å²) in [5.74, 6) is 0.389. The third-order valence-corrected chi connectivity index (χ3v) is 7.11. The lowest BCUT2D eigenvalue weighted by molar-refractivity contribution is -0.113. The van der Waals surface area contributed by atoms with Gasteiger partial charge in [0.15, 0.2) is 0 Å². The van der Waals surface area contributed by atoms with Crippen LogP contribution in [0.4, 0.5) is 16.0 Å². The molecule has 5 rings (SSSR count). The van der Waals surface area contributed by atoms with Crippen LogP contribution in [0.2, 0.25) is 5.02 Å². The molecule has 0 aliphatic carbocycles. The summed E-state index contributed by atoms with van der Waals surface area (Å²) in [6, 6.07) is 21.1. The van der Waals surface area contributed by atoms with Crippen molar-refractivity contribution in [1.82, 2.24) is 14.8 Å². The molecule has 0 bridgehead atoms. The first-order chi connectivity index (χ1) is 17.4. The normalized spacial score (nSPS) is 14.8. The zero-order valence-corrected chi connectivity index (χ0v) is 21.2. The topological polar surface area (TPSA) is 71.8 Å². The number of hydrogen-bond acceptors (Lipinski definition) is 5. The van der Waals surface area contributed by atoms with Gasteiger partial charge in [0.25, 0.3) is 5.91 Å². The number of hydrogen-bond donors (Lipinski definition) is 2. The number of carbonyl (C=O) groups is 1. The maximum Gasteiger partial charge on any atom is 0.255 e. The molecule has 4 aromatic rings. The summed E-state index contributed by atoms with van der Waals surface area (Å²) in [6.07, 6.45) is 0. The first-order valence-corrected chi connectivity index (χ1v) is 12.7. The number of benzene rings is 3. The van der Waals surface area contributed by atoms with E-state index in [0.717, 1.165) is 16.8 Å². The van der Waals surface area contributed by atoms with Crippen LogP contribution in [0.15, 0.2) is 89.2 Å². The third-order valence-electron chi connectivity index (χ3n) is 5.97. The van der Waals surface area contributed by atoms with E-state index in [-0.39, 0.29) is 11.7 Å². The number of para-hydroxylation sites is 1. The molecule has 182 valence electrons. The van der Waals surface area contributed by atoms with Gasteiger partial charge in [0, 0.05) is 22.2 Å². The summed E-state index contributed by atoms with van der Waals surface area (Å²) in [7, 11) is 0. The molecule has 1 aliphatic rings. The third kappa shape index (κ3) is 4.87. The van der Waals surface area contributed by atoms with Crippen molar-refractivity contribution in [2.45, 2.75) is 30.8 Å². The zero-order valence-electron chi connectivity index (χ0n) is 19.6. The second-order valence-electron chi connectivity index (χ2n) is 8.43. The molecular weight excluding hydrogens is 497 g/mol. The van der Waals surface area contributed by atoms with Crippen molar-refractivity contribution in [3.8, 4) is 0 Å². The van der Waals surface area contributed by atoms with E-state index in [2.05, 4.69) is 15.6 Å². The van der Waals surface area contributed by atoms with E-state index in [0.29, 0.717) is 38.7 Å². The summed E-state index contributed by atoms with van der Waals surface area (Å²) >= 11 is 7.48. The molecule has 2 heterocycles. The smallest absolute Gasteiger partial charge is 0.255 e. The Labute approximate surface area is 217 Å². The number of thioether (sulfide) groups is 1. The van der Waals surface area contributed by atoms with Gasteiger partial charge in [-0.3, -0.25) is 4.79 Å². The Bertz CT molecular complexity index is 1470. The Morgan fingerprint density at radius 1 is 1.08 bits per heavy atom. The average Bonchev–Trinajstić information content (AvgIpc) is 3.27. The zero-order chi connectivity index (χ0) is 25.2. The highest BCUT2D eigenvalue weighted by Crippen LogP contribution is 2.37. The second kappa shape index (κ2) is 10.2. The minimum atomic E-state index is -0.530. The van der Waals surface area contributed by atoms with Gasteiger partial charge in [-0.15, -0.1) is 5.10 Å². The summed E-state index contributed by atoms with van der Waals surface area (Å²) in [4.78, 5) is 18.2. The molecule has 1 aromatic heterocycles. The summed E-state index contributed by atoms with van der Waals surface area (Å²) in [5.41, 5.74) is 4.31. The monoisotopic (exact) mass is 519 g/mol. The molecular formula is C27H23ClFN5OS. The van der Waals surface area contributed by atoms with Crippen molar-refractivity contribution in [3.63, 3.8) is 0 Å². The summed E-state index contributed by atoms with van der Waals surface area (Å²) in [6.45, 7) is 3.79. The Balaban J connectivity index is 1.50. The highest BCUT2D eigenvalue weighted by Gasteiger charge is 2.34. The molecule has 6 nitrogen and oxygen atoms in total. The number of halogens is 2. The summed E-state index contributed by atoms with van der Waals surface area (Å²) in [5, 5.41) is 12.0. The van der Waals surface area contributed by atoms with Gasteiger partial charge in [0.05, 0.1) is 5.57 Å². The second-order valence-corrected chi connectivity index (χ2v) is 9.81. The SMILES string of the molecule is CC1=C(C(=O)Nc2ccccc2C)C(c2ccc(Cl)cc2)n2nc(SCc3ccccc3F)nc2N1. The maximum atomic E-state index is 14.1. The maximum absolute atomic E-state index is 14.1. The number of amides is 1. The number of aromatic nitrogens is 3. The van der Waals surface area contributed by atoms with Crippen LogP contribution in [-0.4, -0.2) is 20.7 Å². The van der Waals surface area contributed by atoms with Crippen LogP contribution >= 0.6 is 23.4 Å². The highest BCUT2D eigenvalue weighted by molar-refractivity contribution is 7.98. The number of anilines is 2. The fourth-order valence-electron chi connectivity index (χ4n) is 4.10. The standard InChI is InChI=1S/C27H23ClFN5OS/c1-16-7-3-6-10-22(16)31-25(35)23-17(2)30-26-32-27(36-15-19-8-4-5-9-21(19)29)33-34(26)24(23)18-11-13-20(28)14-12-18/h3-14,24H,15H2,1-2H3,(H,31,35)(H,30,32,33). The molecule has 36 heavy (non-hydrogen) atoms. The molecule has 0 saturated heterocycles. The quantitative estimate of drug-likeness (QED) is 0.281. The first-order valence-electron chi connectivity index (χ1n) is 11.3. The van der Waals surface area contributed by atoms with Crippen LogP contribution in [0.5, 0.6) is 0 Å². The van der Waals surface area contributed by atoms with E-state index in [9.17, 15) is 9.18 Å². The van der Waals surface area contributed by atoms with Crippen molar-refractivity contribution in [3.05, 3.63) is 112 Å². The lowest BCUT2D eigenvalue weighted by Crippen LogP contribution is -2.31. The number of nitrogens with zero attached hydrogens (tertiary/aromatic N) is 3. The van der Waals surface area contributed by atoms with Crippen LogP contribution in [0.1, 0.15) is 29.7 Å². The molecule has 0 fully saturated rings. The van der Waals surface area contributed by atoms with E-state index in [1.54, 1.807) is 35.0 Å². The van der Waals surface area contributed by atoms with Crippen molar-refractivity contribution in [2.75, 3.05) is 10.6 Å². The van der Waals surface area contributed by atoms with E-state index in [1.165, 1.54) is 17.8 Å². The molecule has 1 aliphatic heterocycles. The number of fused-ring (bicyclic) bond motifs is 1. The van der Waals surface area contributed by atoms with Crippen LogP contribution in [0, 0.1) is 12.7 Å². The van der Waals surface area contributed by atoms with Crippen LogP contribution < -0.4 is 10.6 Å². The van der Waals surface area contributed by atoms with Crippen LogP contribution in [-0.2, 0) is 10.5 Å². The van der Waals surface area contributed by atoms with Crippen molar-refractivity contribution < 1.29 is 9.18 Å². The average molecular weight is 520 g/mol. The summed E-state index contributed by atoms with van der Waals surface area (Å²) < 4.78 is 15.8. The van der Waals surface area contributed by atoms with E-state index in [4.69, 9.17) is 16.7 Å². The molecule has 0 spiro atoms. The van der Waals surface area contributed by atoms with Gasteiger partial charge < -0.3 is 10.6 Å². The Hall–Kier alpha value is -3.62. The van der Waals surface area contributed by atoms with E-state index in [1.807, 2.05) is 50.2 Å². The first kappa shape index (κ1) is 24.1. The number of carbonyl (C=O) groups excluding carboxylic acids is 1. The molecule has 0 saturated carbocycles. The molecule has 1 atom stereocenters. The van der Waals surface area contributed by atoms with E-state index < -0.39 is 6.04 Å². The highest BCUT2D eigenvalue weighted by atomic mass is 35.5. The predicted octanol–water partition coefficient (Wildman–Crippen LogP) is 6.60. The lowest BCUT2D eigenvalue weighted by Gasteiger charge is -2.28. The van der Waals surface area contributed by atoms with Gasteiger partial charge in [-0.25, -0.2) is 9.07 Å². The minimum absolute atomic E-state index is 0.240. The van der Waals surface area contributed by atoms with Crippen LogP contribution in [0.25, 0.3) is 0 Å². The van der Waals surface area contributed by atoms with Gasteiger partial charge >= 0.3 is 0 Å². The van der Waals surface area contributed by atoms with Crippen LogP contribution in [0.3, 0.4) is 0 Å². The van der Waals surface area contributed by atoms with Gasteiger partial charge in [0.1, 0.15) is 11.9 Å². The van der Waals surface area contributed by atoms with Gasteiger partial charge in [-0.1, -0.05) is 71.9 Å². The van der Waals surface area contributed by atoms with Crippen molar-refractivity contribution in [1.29, 1.82) is 0 Å². The number of allylic oxidation sites excluding steroid dienone is 1. The lowest BCUT2D eigenvalue weighted by atomic mass is 9.95. The molecule has 0 radical (unpaired) electrons. The van der Waals surface area contributed by atoms with Crippen molar-refractivity contribution in [2.24, 2.45) is 0 Å². The molecule has 3 aromatic carbocycles. The predicted molar refractivity (Wildman–Crippen MR) is 142 cm³/mol. The Morgan fingerprint density at radius 3 is 2.56 bits per heavy atom. The largest absolute Gasteiger partial charge is 0.328 e. The minimum Gasteiger partial charge on any atom is -0.328 e. The van der Waals surface area contributed by atoms with Gasteiger partial charge in [-0.05, 0) is 54.8 Å². The molecule has 1 amide bonds. The van der Waals surface area contributed by atoms with E-state index >= 15 is 0 Å². The number of nitrogens with one attached hydrogen (secondary N) is 2. The molecule has 2 N–H and O–H groups in total. The Morgan fingerprint density at radius 2 is 1.81 bits per heavy atom. The molecule has 1 unspecified atom stereocenters. The Kier molecular flexibility index (Phi) is 6.80. The van der Waals surface area contributed by atoms with Crippen molar-refractivity contribution >= 4 is 40.9 Å². The molecule has 9 heteroatoms. The fourth-order valence-corrected chi connectivity index (χ4v) is 5.04. The number of rotatable bonds is 6. The van der Waals surface area contributed by atoms with Gasteiger partial charge in [-0.2, -0.15) is 4.98 Å². The number of aryl methyl sites for hydroxylation is 1.